The highest BCUT2D eigenvalue weighted by Gasteiger charge is 2.47. The number of rotatable bonds is 5. The van der Waals surface area contributed by atoms with Gasteiger partial charge in [-0.2, -0.15) is 0 Å². The number of likely N-dealkylation sites (tertiary alicyclic amines) is 1. The first kappa shape index (κ1) is 21.7. The molecule has 2 aromatic carbocycles. The molecule has 1 aliphatic carbocycles. The van der Waals surface area contributed by atoms with Crippen molar-refractivity contribution in [2.24, 2.45) is 0 Å². The minimum absolute atomic E-state index is 0.117. The van der Waals surface area contributed by atoms with Crippen LogP contribution in [0, 0.1) is 11.6 Å². The lowest BCUT2D eigenvalue weighted by molar-refractivity contribution is -0.138. The van der Waals surface area contributed by atoms with Gasteiger partial charge in [0.15, 0.2) is 0 Å². The Bertz CT molecular complexity index is 1140. The van der Waals surface area contributed by atoms with E-state index in [1.165, 1.54) is 24.3 Å². The summed E-state index contributed by atoms with van der Waals surface area (Å²) in [5.74, 6) is -0.443. The molecule has 1 unspecified atom stereocenters. The first-order valence-corrected chi connectivity index (χ1v) is 11.7. The van der Waals surface area contributed by atoms with Crippen molar-refractivity contribution in [2.45, 2.75) is 56.4 Å². The third-order valence-corrected chi connectivity index (χ3v) is 7.10. The SMILES string of the molecule is O=C(N1CCCC1c1cncc(Cc2cccc(F)c2)n1)C1(c2ccc(F)cc2)CCCC1. The molecule has 170 valence electrons. The molecule has 2 aliphatic rings. The van der Waals surface area contributed by atoms with Crippen LogP contribution in [0.25, 0.3) is 0 Å². The molecular formula is C27H27F2N3O. The van der Waals surface area contributed by atoms with E-state index in [1.807, 2.05) is 11.0 Å². The van der Waals surface area contributed by atoms with Gasteiger partial charge in [-0.1, -0.05) is 37.1 Å². The zero-order chi connectivity index (χ0) is 22.8. The molecule has 33 heavy (non-hydrogen) atoms. The third kappa shape index (κ3) is 4.26. The molecule has 0 spiro atoms. The molecule has 0 bridgehead atoms. The van der Waals surface area contributed by atoms with Crippen LogP contribution in [0.3, 0.4) is 0 Å². The highest BCUT2D eigenvalue weighted by Crippen LogP contribution is 2.45. The monoisotopic (exact) mass is 447 g/mol. The molecule has 3 aromatic rings. The van der Waals surface area contributed by atoms with Crippen molar-refractivity contribution in [1.82, 2.24) is 14.9 Å². The molecule has 2 fully saturated rings. The summed E-state index contributed by atoms with van der Waals surface area (Å²) in [5.41, 5.74) is 2.68. The summed E-state index contributed by atoms with van der Waals surface area (Å²) in [6, 6.07) is 12.8. The van der Waals surface area contributed by atoms with Crippen molar-refractivity contribution in [3.05, 3.63) is 95.1 Å². The normalized spacial score (nSPS) is 19.7. The Hall–Kier alpha value is -3.15. The van der Waals surface area contributed by atoms with Crippen LogP contribution in [0.5, 0.6) is 0 Å². The van der Waals surface area contributed by atoms with Crippen molar-refractivity contribution in [1.29, 1.82) is 0 Å². The molecule has 1 amide bonds. The zero-order valence-electron chi connectivity index (χ0n) is 18.5. The average molecular weight is 448 g/mol. The van der Waals surface area contributed by atoms with Crippen molar-refractivity contribution in [2.75, 3.05) is 6.54 Å². The Balaban J connectivity index is 1.42. The van der Waals surface area contributed by atoms with E-state index in [9.17, 15) is 13.6 Å². The molecule has 1 atom stereocenters. The maximum Gasteiger partial charge on any atom is 0.233 e. The molecule has 6 heteroatoms. The van der Waals surface area contributed by atoms with Crippen LogP contribution in [0.1, 0.15) is 67.1 Å². The van der Waals surface area contributed by atoms with Gasteiger partial charge in [0.1, 0.15) is 11.6 Å². The summed E-state index contributed by atoms with van der Waals surface area (Å²) in [7, 11) is 0. The predicted molar refractivity (Wildman–Crippen MR) is 121 cm³/mol. The molecule has 1 aliphatic heterocycles. The maximum atomic E-state index is 14.0. The van der Waals surface area contributed by atoms with Crippen LogP contribution in [-0.2, 0) is 16.6 Å². The van der Waals surface area contributed by atoms with Gasteiger partial charge >= 0.3 is 0 Å². The molecule has 4 nitrogen and oxygen atoms in total. The molecule has 1 saturated heterocycles. The van der Waals surface area contributed by atoms with E-state index >= 15 is 0 Å². The average Bonchev–Trinajstić information content (AvgIpc) is 3.50. The first-order valence-electron chi connectivity index (χ1n) is 11.7. The number of hydrogen-bond acceptors (Lipinski definition) is 3. The van der Waals surface area contributed by atoms with Crippen molar-refractivity contribution in [3.63, 3.8) is 0 Å². The number of nitrogens with zero attached hydrogens (tertiary/aromatic N) is 3. The van der Waals surface area contributed by atoms with Crippen LogP contribution in [0.4, 0.5) is 8.78 Å². The van der Waals surface area contributed by atoms with Crippen molar-refractivity contribution < 1.29 is 13.6 Å². The quantitative estimate of drug-likeness (QED) is 0.517. The topological polar surface area (TPSA) is 46.1 Å². The van der Waals surface area contributed by atoms with E-state index in [4.69, 9.17) is 4.98 Å². The second-order valence-electron chi connectivity index (χ2n) is 9.19. The zero-order valence-corrected chi connectivity index (χ0v) is 18.5. The van der Waals surface area contributed by atoms with Crippen LogP contribution in [0.2, 0.25) is 0 Å². The Morgan fingerprint density at radius 3 is 2.55 bits per heavy atom. The van der Waals surface area contributed by atoms with Gasteiger partial charge in [0.2, 0.25) is 5.91 Å². The van der Waals surface area contributed by atoms with Gasteiger partial charge in [0.25, 0.3) is 0 Å². The lowest BCUT2D eigenvalue weighted by Gasteiger charge is -2.35. The third-order valence-electron chi connectivity index (χ3n) is 7.10. The predicted octanol–water partition coefficient (Wildman–Crippen LogP) is 5.52. The van der Waals surface area contributed by atoms with Gasteiger partial charge in [0, 0.05) is 19.2 Å². The van der Waals surface area contributed by atoms with Crippen molar-refractivity contribution >= 4 is 5.91 Å². The fourth-order valence-corrected chi connectivity index (χ4v) is 5.49. The Morgan fingerprint density at radius 2 is 1.79 bits per heavy atom. The Morgan fingerprint density at radius 1 is 1.00 bits per heavy atom. The molecule has 5 rings (SSSR count). The summed E-state index contributed by atoms with van der Waals surface area (Å²) >= 11 is 0. The highest BCUT2D eigenvalue weighted by atomic mass is 19.1. The molecular weight excluding hydrogens is 420 g/mol. The lowest BCUT2D eigenvalue weighted by atomic mass is 9.77. The number of halogens is 2. The minimum atomic E-state index is -0.594. The first-order chi connectivity index (χ1) is 16.0. The second-order valence-corrected chi connectivity index (χ2v) is 9.19. The summed E-state index contributed by atoms with van der Waals surface area (Å²) in [6.07, 6.45) is 9.22. The van der Waals surface area contributed by atoms with E-state index in [0.29, 0.717) is 13.0 Å². The lowest BCUT2D eigenvalue weighted by Crippen LogP contribution is -2.45. The Kier molecular flexibility index (Phi) is 5.92. The van der Waals surface area contributed by atoms with Gasteiger partial charge in [-0.3, -0.25) is 14.8 Å². The number of carbonyl (C=O) groups is 1. The van der Waals surface area contributed by atoms with Gasteiger partial charge in [0.05, 0.1) is 29.0 Å². The van der Waals surface area contributed by atoms with Gasteiger partial charge in [-0.25, -0.2) is 8.78 Å². The molecule has 1 aromatic heterocycles. The highest BCUT2D eigenvalue weighted by molar-refractivity contribution is 5.89. The molecule has 1 saturated carbocycles. The fourth-order valence-electron chi connectivity index (χ4n) is 5.49. The summed E-state index contributed by atoms with van der Waals surface area (Å²) in [5, 5.41) is 0. The van der Waals surface area contributed by atoms with Crippen LogP contribution in [0.15, 0.2) is 60.9 Å². The van der Waals surface area contributed by atoms with Crippen molar-refractivity contribution in [3.8, 4) is 0 Å². The second kappa shape index (κ2) is 9.00. The smallest absolute Gasteiger partial charge is 0.233 e. The standard InChI is InChI=1S/C27H27F2N3O/c28-21-10-8-20(9-11-21)27(12-1-2-13-27)26(33)32-14-4-7-25(32)24-18-30-17-23(31-24)16-19-5-3-6-22(29)15-19/h3,5-6,8-11,15,17-18,25H,1-2,4,7,12-14,16H2. The largest absolute Gasteiger partial charge is 0.333 e. The number of hydrogen-bond donors (Lipinski definition) is 0. The molecule has 0 N–H and O–H groups in total. The number of amides is 1. The Labute approximate surface area is 192 Å². The molecule has 2 heterocycles. The number of aromatic nitrogens is 2. The van der Waals surface area contributed by atoms with Gasteiger partial charge in [-0.05, 0) is 61.1 Å². The molecule has 0 radical (unpaired) electrons. The van der Waals surface area contributed by atoms with E-state index < -0.39 is 5.41 Å². The fraction of sp³-hybridized carbons (Fsp3) is 0.370. The van der Waals surface area contributed by atoms with E-state index in [1.54, 1.807) is 30.6 Å². The van der Waals surface area contributed by atoms with E-state index in [2.05, 4.69) is 4.98 Å². The summed E-state index contributed by atoms with van der Waals surface area (Å²) in [6.45, 7) is 0.683. The van der Waals surface area contributed by atoms with Gasteiger partial charge < -0.3 is 4.90 Å². The van der Waals surface area contributed by atoms with Crippen LogP contribution >= 0.6 is 0 Å². The maximum absolute atomic E-state index is 14.0. The van der Waals surface area contributed by atoms with E-state index in [-0.39, 0.29) is 23.6 Å². The minimum Gasteiger partial charge on any atom is -0.333 e. The van der Waals surface area contributed by atoms with Crippen LogP contribution < -0.4 is 0 Å². The number of benzene rings is 2. The van der Waals surface area contributed by atoms with E-state index in [0.717, 1.165) is 61.0 Å². The summed E-state index contributed by atoms with van der Waals surface area (Å²) < 4.78 is 27.1. The number of carbonyl (C=O) groups excluding carboxylic acids is 1. The summed E-state index contributed by atoms with van der Waals surface area (Å²) in [4.78, 5) is 25.2. The van der Waals surface area contributed by atoms with Crippen LogP contribution in [-0.4, -0.2) is 27.3 Å². The van der Waals surface area contributed by atoms with Gasteiger partial charge in [-0.15, -0.1) is 0 Å².